The predicted octanol–water partition coefficient (Wildman–Crippen LogP) is 1.61. The summed E-state index contributed by atoms with van der Waals surface area (Å²) in [4.78, 5) is 21.1. The van der Waals surface area contributed by atoms with Crippen LogP contribution >= 0.6 is 0 Å². The molecule has 0 radical (unpaired) electrons. The number of aryl methyl sites for hydroxylation is 1. The number of carbonyl (C=O) groups is 1. The van der Waals surface area contributed by atoms with Crippen molar-refractivity contribution >= 4 is 11.7 Å². The number of hydrogen-bond acceptors (Lipinski definition) is 4. The van der Waals surface area contributed by atoms with E-state index in [9.17, 15) is 4.79 Å². The summed E-state index contributed by atoms with van der Waals surface area (Å²) >= 11 is 0. The van der Waals surface area contributed by atoms with Crippen molar-refractivity contribution in [2.24, 2.45) is 0 Å². The molecule has 1 aromatic rings. The lowest BCUT2D eigenvalue weighted by Gasteiger charge is -2.36. The zero-order valence-corrected chi connectivity index (χ0v) is 12.6. The van der Waals surface area contributed by atoms with Crippen LogP contribution < -0.4 is 4.90 Å². The number of pyridine rings is 1. The van der Waals surface area contributed by atoms with Crippen LogP contribution in [0.1, 0.15) is 24.8 Å². The Morgan fingerprint density at radius 3 is 2.86 bits per heavy atom. The molecule has 0 saturated carbocycles. The smallest absolute Gasteiger partial charge is 0.253 e. The number of aromatic nitrogens is 1. The van der Waals surface area contributed by atoms with Crippen molar-refractivity contribution in [1.82, 2.24) is 9.88 Å². The molecule has 5 nitrogen and oxygen atoms in total. The Morgan fingerprint density at radius 2 is 2.10 bits per heavy atom. The molecule has 2 fully saturated rings. The van der Waals surface area contributed by atoms with Crippen molar-refractivity contribution in [3.8, 4) is 0 Å². The van der Waals surface area contributed by atoms with Gasteiger partial charge in [0.05, 0.1) is 13.2 Å². The molecular weight excluding hydrogens is 266 g/mol. The lowest BCUT2D eigenvalue weighted by Crippen LogP contribution is -2.52. The molecule has 2 saturated heterocycles. The van der Waals surface area contributed by atoms with Crippen LogP contribution in [0.5, 0.6) is 0 Å². The van der Waals surface area contributed by atoms with E-state index < -0.39 is 0 Å². The fourth-order valence-corrected chi connectivity index (χ4v) is 3.02. The third kappa shape index (κ3) is 3.35. The molecule has 2 aliphatic rings. The third-order valence-corrected chi connectivity index (χ3v) is 4.23. The zero-order chi connectivity index (χ0) is 14.7. The molecule has 3 rings (SSSR count). The van der Waals surface area contributed by atoms with Crippen LogP contribution in [-0.2, 0) is 9.53 Å². The molecule has 0 bridgehead atoms. The summed E-state index contributed by atoms with van der Waals surface area (Å²) in [5.74, 6) is 1.08. The number of ether oxygens (including phenoxy) is 1. The van der Waals surface area contributed by atoms with Gasteiger partial charge in [0, 0.05) is 25.8 Å². The number of amides is 1. The van der Waals surface area contributed by atoms with Gasteiger partial charge in [-0.2, -0.15) is 0 Å². The Bertz CT molecular complexity index is 500. The molecule has 114 valence electrons. The quantitative estimate of drug-likeness (QED) is 0.830. The van der Waals surface area contributed by atoms with Gasteiger partial charge in [-0.05, 0) is 43.9 Å². The minimum atomic E-state index is -0.348. The Balaban J connectivity index is 1.66. The van der Waals surface area contributed by atoms with Gasteiger partial charge in [0.25, 0.3) is 5.91 Å². The highest BCUT2D eigenvalue weighted by Gasteiger charge is 2.31. The van der Waals surface area contributed by atoms with Crippen molar-refractivity contribution in [3.63, 3.8) is 0 Å². The van der Waals surface area contributed by atoms with E-state index in [1.165, 1.54) is 12.0 Å². The van der Waals surface area contributed by atoms with E-state index in [-0.39, 0.29) is 12.0 Å². The molecule has 5 heteroatoms. The normalized spacial score (nSPS) is 23.2. The Hall–Kier alpha value is -1.62. The Morgan fingerprint density at radius 1 is 1.29 bits per heavy atom. The number of morpholine rings is 1. The first kappa shape index (κ1) is 14.3. The summed E-state index contributed by atoms with van der Waals surface area (Å²) < 4.78 is 5.71. The largest absolute Gasteiger partial charge is 0.365 e. The van der Waals surface area contributed by atoms with E-state index in [4.69, 9.17) is 4.74 Å². The van der Waals surface area contributed by atoms with Crippen molar-refractivity contribution < 1.29 is 9.53 Å². The van der Waals surface area contributed by atoms with Crippen LogP contribution in [0.2, 0.25) is 0 Å². The predicted molar refractivity (Wildman–Crippen MR) is 81.4 cm³/mol. The highest BCUT2D eigenvalue weighted by Crippen LogP contribution is 2.18. The number of piperidine rings is 1. The maximum absolute atomic E-state index is 12.6. The second kappa shape index (κ2) is 6.43. The van der Waals surface area contributed by atoms with Gasteiger partial charge in [0.2, 0.25) is 0 Å². The molecule has 1 atom stereocenters. The topological polar surface area (TPSA) is 45.7 Å². The number of likely N-dealkylation sites (tertiary alicyclic amines) is 1. The minimum absolute atomic E-state index is 0.145. The highest BCUT2D eigenvalue weighted by atomic mass is 16.5. The second-order valence-electron chi connectivity index (χ2n) is 5.88. The minimum Gasteiger partial charge on any atom is -0.365 e. The van der Waals surface area contributed by atoms with E-state index in [0.717, 1.165) is 38.3 Å². The molecule has 0 N–H and O–H groups in total. The second-order valence-corrected chi connectivity index (χ2v) is 5.88. The maximum atomic E-state index is 12.6. The molecule has 0 spiro atoms. The van der Waals surface area contributed by atoms with Gasteiger partial charge in [-0.25, -0.2) is 4.98 Å². The summed E-state index contributed by atoms with van der Waals surface area (Å²) in [7, 11) is 0. The van der Waals surface area contributed by atoms with Crippen molar-refractivity contribution in [2.75, 3.05) is 37.7 Å². The lowest BCUT2D eigenvalue weighted by atomic mass is 10.1. The summed E-state index contributed by atoms with van der Waals surface area (Å²) in [6.07, 6.45) is 4.93. The monoisotopic (exact) mass is 289 g/mol. The number of carbonyl (C=O) groups excluding carboxylic acids is 1. The Labute approximate surface area is 125 Å². The molecule has 3 heterocycles. The average Bonchev–Trinajstić information content (AvgIpc) is 2.55. The third-order valence-electron chi connectivity index (χ3n) is 4.23. The molecule has 1 unspecified atom stereocenters. The van der Waals surface area contributed by atoms with Crippen molar-refractivity contribution in [1.29, 1.82) is 0 Å². The SMILES string of the molecule is Cc1ccnc(N2CCOC(C(=O)N3CCCCC3)C2)c1. The first-order valence-corrected chi connectivity index (χ1v) is 7.82. The molecule has 2 aliphatic heterocycles. The number of rotatable bonds is 2. The summed E-state index contributed by atoms with van der Waals surface area (Å²) in [6.45, 7) is 5.79. The number of anilines is 1. The molecule has 0 aliphatic carbocycles. The first-order chi connectivity index (χ1) is 10.2. The standard InChI is InChI=1S/C16H23N3O2/c1-13-5-6-17-15(11-13)19-9-10-21-14(12-19)16(20)18-7-3-2-4-8-18/h5-6,11,14H,2-4,7-10,12H2,1H3. The first-order valence-electron chi connectivity index (χ1n) is 7.82. The maximum Gasteiger partial charge on any atom is 0.253 e. The molecular formula is C16H23N3O2. The average molecular weight is 289 g/mol. The van der Waals surface area contributed by atoms with Gasteiger partial charge < -0.3 is 14.5 Å². The molecule has 21 heavy (non-hydrogen) atoms. The van der Waals surface area contributed by atoms with Crippen LogP contribution in [0.15, 0.2) is 18.3 Å². The van der Waals surface area contributed by atoms with Crippen LogP contribution in [0.3, 0.4) is 0 Å². The number of nitrogens with zero attached hydrogens (tertiary/aromatic N) is 3. The van der Waals surface area contributed by atoms with E-state index in [2.05, 4.69) is 22.9 Å². The van der Waals surface area contributed by atoms with Crippen LogP contribution in [0, 0.1) is 6.92 Å². The lowest BCUT2D eigenvalue weighted by molar-refractivity contribution is -0.145. The summed E-state index contributed by atoms with van der Waals surface area (Å²) in [6, 6.07) is 4.05. The molecule has 1 aromatic heterocycles. The van der Waals surface area contributed by atoms with Gasteiger partial charge in [0.1, 0.15) is 5.82 Å². The highest BCUT2D eigenvalue weighted by molar-refractivity contribution is 5.82. The fraction of sp³-hybridized carbons (Fsp3) is 0.625. The van der Waals surface area contributed by atoms with Gasteiger partial charge >= 0.3 is 0 Å². The van der Waals surface area contributed by atoms with E-state index in [0.29, 0.717) is 13.2 Å². The molecule has 0 aromatic carbocycles. The summed E-state index contributed by atoms with van der Waals surface area (Å²) in [5.41, 5.74) is 1.19. The summed E-state index contributed by atoms with van der Waals surface area (Å²) in [5, 5.41) is 0. The van der Waals surface area contributed by atoms with Gasteiger partial charge in [-0.3, -0.25) is 4.79 Å². The fourth-order valence-electron chi connectivity index (χ4n) is 3.02. The van der Waals surface area contributed by atoms with E-state index in [1.807, 2.05) is 17.2 Å². The van der Waals surface area contributed by atoms with Crippen molar-refractivity contribution in [2.45, 2.75) is 32.3 Å². The van der Waals surface area contributed by atoms with Gasteiger partial charge in [-0.15, -0.1) is 0 Å². The van der Waals surface area contributed by atoms with Crippen LogP contribution in [0.25, 0.3) is 0 Å². The van der Waals surface area contributed by atoms with Gasteiger partial charge in [0.15, 0.2) is 6.10 Å². The number of hydrogen-bond donors (Lipinski definition) is 0. The molecule has 1 amide bonds. The van der Waals surface area contributed by atoms with Gasteiger partial charge in [-0.1, -0.05) is 0 Å². The van der Waals surface area contributed by atoms with E-state index in [1.54, 1.807) is 0 Å². The van der Waals surface area contributed by atoms with Crippen LogP contribution in [-0.4, -0.2) is 54.7 Å². The van der Waals surface area contributed by atoms with E-state index >= 15 is 0 Å². The van der Waals surface area contributed by atoms with Crippen LogP contribution in [0.4, 0.5) is 5.82 Å². The zero-order valence-electron chi connectivity index (χ0n) is 12.6. The Kier molecular flexibility index (Phi) is 4.39. The van der Waals surface area contributed by atoms with Crippen molar-refractivity contribution in [3.05, 3.63) is 23.9 Å².